The van der Waals surface area contributed by atoms with Gasteiger partial charge in [0, 0.05) is 0 Å². The van der Waals surface area contributed by atoms with Crippen molar-refractivity contribution in [3.63, 3.8) is 0 Å². The molecule has 2 unspecified atom stereocenters. The van der Waals surface area contributed by atoms with Crippen molar-refractivity contribution in [1.29, 1.82) is 0 Å². The molecule has 1 saturated carbocycles. The van der Waals surface area contributed by atoms with E-state index in [0.717, 1.165) is 24.8 Å². The third kappa shape index (κ3) is 2.55. The highest BCUT2D eigenvalue weighted by molar-refractivity contribution is 6.05. The highest BCUT2D eigenvalue weighted by Gasteiger charge is 2.49. The standard InChI is InChI=1S/C16H17NO4/c18-14(19)8-10-4-6-11(7-5-10)9-17-15(20)12-2-1-3-13(12)16(17)21/h4-7,12-13H,1-3,8-9H2,(H,18,19). The molecule has 0 aromatic heterocycles. The summed E-state index contributed by atoms with van der Waals surface area (Å²) in [7, 11) is 0. The first-order valence-corrected chi connectivity index (χ1v) is 7.21. The number of rotatable bonds is 4. The fourth-order valence-corrected chi connectivity index (χ4v) is 3.34. The van der Waals surface area contributed by atoms with Crippen LogP contribution >= 0.6 is 0 Å². The first-order valence-electron chi connectivity index (χ1n) is 7.21. The van der Waals surface area contributed by atoms with Gasteiger partial charge in [-0.2, -0.15) is 0 Å². The van der Waals surface area contributed by atoms with Crippen molar-refractivity contribution < 1.29 is 19.5 Å². The number of carboxylic acids is 1. The Morgan fingerprint density at radius 1 is 1.05 bits per heavy atom. The molecule has 1 aliphatic carbocycles. The zero-order valence-electron chi connectivity index (χ0n) is 11.6. The molecule has 1 aromatic rings. The first kappa shape index (κ1) is 13.8. The number of aliphatic carboxylic acids is 1. The summed E-state index contributed by atoms with van der Waals surface area (Å²) in [4.78, 5) is 36.5. The van der Waals surface area contributed by atoms with Crippen LogP contribution in [-0.2, 0) is 27.3 Å². The number of benzene rings is 1. The quantitative estimate of drug-likeness (QED) is 0.854. The van der Waals surface area contributed by atoms with E-state index < -0.39 is 5.97 Å². The molecule has 21 heavy (non-hydrogen) atoms. The molecule has 3 rings (SSSR count). The fourth-order valence-electron chi connectivity index (χ4n) is 3.34. The number of nitrogens with zero attached hydrogens (tertiary/aromatic N) is 1. The van der Waals surface area contributed by atoms with E-state index in [2.05, 4.69) is 0 Å². The molecule has 1 N–H and O–H groups in total. The third-order valence-electron chi connectivity index (χ3n) is 4.40. The van der Waals surface area contributed by atoms with E-state index in [1.165, 1.54) is 4.90 Å². The predicted octanol–water partition coefficient (Wildman–Crippen LogP) is 1.60. The Labute approximate surface area is 122 Å². The maximum absolute atomic E-state index is 12.2. The molecule has 2 atom stereocenters. The van der Waals surface area contributed by atoms with E-state index >= 15 is 0 Å². The van der Waals surface area contributed by atoms with Crippen LogP contribution in [0.2, 0.25) is 0 Å². The van der Waals surface area contributed by atoms with Gasteiger partial charge in [-0.05, 0) is 24.0 Å². The van der Waals surface area contributed by atoms with Crippen molar-refractivity contribution in [1.82, 2.24) is 4.90 Å². The summed E-state index contributed by atoms with van der Waals surface area (Å²) in [6, 6.07) is 7.03. The average Bonchev–Trinajstić information content (AvgIpc) is 3.00. The van der Waals surface area contributed by atoms with Gasteiger partial charge in [0.25, 0.3) is 0 Å². The van der Waals surface area contributed by atoms with Crippen LogP contribution in [0.25, 0.3) is 0 Å². The molecule has 2 amide bonds. The van der Waals surface area contributed by atoms with Gasteiger partial charge >= 0.3 is 5.97 Å². The minimum Gasteiger partial charge on any atom is -0.481 e. The Hall–Kier alpha value is -2.17. The molecule has 5 heteroatoms. The molecular weight excluding hydrogens is 270 g/mol. The van der Waals surface area contributed by atoms with Gasteiger partial charge in [0.2, 0.25) is 11.8 Å². The summed E-state index contributed by atoms with van der Waals surface area (Å²) < 4.78 is 0. The van der Waals surface area contributed by atoms with E-state index in [-0.39, 0.29) is 36.6 Å². The summed E-state index contributed by atoms with van der Waals surface area (Å²) >= 11 is 0. The number of likely N-dealkylation sites (tertiary alicyclic amines) is 1. The van der Waals surface area contributed by atoms with Crippen LogP contribution in [0.4, 0.5) is 0 Å². The Balaban J connectivity index is 1.70. The van der Waals surface area contributed by atoms with Crippen LogP contribution < -0.4 is 0 Å². The molecule has 5 nitrogen and oxygen atoms in total. The topological polar surface area (TPSA) is 74.7 Å². The Kier molecular flexibility index (Phi) is 3.49. The number of carbonyl (C=O) groups is 3. The molecule has 0 spiro atoms. The van der Waals surface area contributed by atoms with Gasteiger partial charge in [-0.25, -0.2) is 0 Å². The van der Waals surface area contributed by atoms with Gasteiger partial charge in [-0.1, -0.05) is 30.7 Å². The second kappa shape index (κ2) is 5.31. The number of carbonyl (C=O) groups excluding carboxylic acids is 2. The lowest BCUT2D eigenvalue weighted by Crippen LogP contribution is -2.31. The molecule has 1 heterocycles. The smallest absolute Gasteiger partial charge is 0.307 e. The van der Waals surface area contributed by atoms with E-state index in [9.17, 15) is 14.4 Å². The van der Waals surface area contributed by atoms with Crippen molar-refractivity contribution in [2.24, 2.45) is 11.8 Å². The summed E-state index contributed by atoms with van der Waals surface area (Å²) in [6.07, 6.45) is 2.59. The maximum atomic E-state index is 12.2. The Bertz CT molecular complexity index is 571. The Morgan fingerprint density at radius 3 is 2.10 bits per heavy atom. The SMILES string of the molecule is O=C(O)Cc1ccc(CN2C(=O)C3CCCC3C2=O)cc1. The highest BCUT2D eigenvalue weighted by atomic mass is 16.4. The number of imide groups is 1. The van der Waals surface area contributed by atoms with Gasteiger partial charge in [0.1, 0.15) is 0 Å². The predicted molar refractivity (Wildman–Crippen MR) is 74.2 cm³/mol. The summed E-state index contributed by atoms with van der Waals surface area (Å²) in [6.45, 7) is 0.290. The van der Waals surface area contributed by atoms with Gasteiger partial charge in [0.05, 0.1) is 24.8 Å². The molecule has 2 aliphatic rings. The first-order chi connectivity index (χ1) is 10.1. The second-order valence-corrected chi connectivity index (χ2v) is 5.79. The molecule has 1 aromatic carbocycles. The van der Waals surface area contributed by atoms with Crippen LogP contribution in [0.5, 0.6) is 0 Å². The highest BCUT2D eigenvalue weighted by Crippen LogP contribution is 2.40. The fraction of sp³-hybridized carbons (Fsp3) is 0.438. The van der Waals surface area contributed by atoms with E-state index in [0.29, 0.717) is 5.56 Å². The zero-order chi connectivity index (χ0) is 15.0. The van der Waals surface area contributed by atoms with Gasteiger partial charge in [0.15, 0.2) is 0 Å². The lowest BCUT2D eigenvalue weighted by Gasteiger charge is -2.16. The van der Waals surface area contributed by atoms with Crippen molar-refractivity contribution in [2.45, 2.75) is 32.2 Å². The zero-order valence-corrected chi connectivity index (χ0v) is 11.6. The van der Waals surface area contributed by atoms with Gasteiger partial charge in [-0.15, -0.1) is 0 Å². The van der Waals surface area contributed by atoms with Crippen LogP contribution in [0, 0.1) is 11.8 Å². The molecule has 0 radical (unpaired) electrons. The van der Waals surface area contributed by atoms with E-state index in [1.54, 1.807) is 24.3 Å². The van der Waals surface area contributed by atoms with Gasteiger partial charge in [-0.3, -0.25) is 19.3 Å². The third-order valence-corrected chi connectivity index (χ3v) is 4.40. The number of carboxylic acid groups (broad SMARTS) is 1. The minimum atomic E-state index is -0.875. The molecular formula is C16H17NO4. The Morgan fingerprint density at radius 2 is 1.57 bits per heavy atom. The maximum Gasteiger partial charge on any atom is 0.307 e. The lowest BCUT2D eigenvalue weighted by molar-refractivity contribution is -0.141. The van der Waals surface area contributed by atoms with Crippen LogP contribution in [0.15, 0.2) is 24.3 Å². The van der Waals surface area contributed by atoms with Crippen LogP contribution in [0.1, 0.15) is 30.4 Å². The van der Waals surface area contributed by atoms with E-state index in [4.69, 9.17) is 5.11 Å². The van der Waals surface area contributed by atoms with Gasteiger partial charge < -0.3 is 5.11 Å². The normalized spacial score (nSPS) is 24.5. The summed E-state index contributed by atoms with van der Waals surface area (Å²) in [5.41, 5.74) is 1.56. The molecule has 2 fully saturated rings. The van der Waals surface area contributed by atoms with Crippen LogP contribution in [0.3, 0.4) is 0 Å². The van der Waals surface area contributed by atoms with Crippen molar-refractivity contribution in [3.05, 3.63) is 35.4 Å². The van der Waals surface area contributed by atoms with E-state index in [1.807, 2.05) is 0 Å². The second-order valence-electron chi connectivity index (χ2n) is 5.79. The molecule has 0 bridgehead atoms. The van der Waals surface area contributed by atoms with Crippen LogP contribution in [-0.4, -0.2) is 27.8 Å². The molecule has 1 saturated heterocycles. The number of hydrogen-bond donors (Lipinski definition) is 1. The summed E-state index contributed by atoms with van der Waals surface area (Å²) in [5, 5.41) is 8.73. The average molecular weight is 287 g/mol. The van der Waals surface area contributed by atoms with Crippen molar-refractivity contribution >= 4 is 17.8 Å². The van der Waals surface area contributed by atoms with Crippen molar-refractivity contribution in [3.8, 4) is 0 Å². The number of fused-ring (bicyclic) bond motifs is 1. The lowest BCUT2D eigenvalue weighted by atomic mass is 10.00. The molecule has 1 aliphatic heterocycles. The van der Waals surface area contributed by atoms with Crippen molar-refractivity contribution in [2.75, 3.05) is 0 Å². The summed E-state index contributed by atoms with van der Waals surface area (Å²) in [5.74, 6) is -1.18. The number of hydrogen-bond acceptors (Lipinski definition) is 3. The number of amides is 2. The largest absolute Gasteiger partial charge is 0.481 e. The molecule has 110 valence electrons. The monoisotopic (exact) mass is 287 g/mol. The minimum absolute atomic E-state index is 0.0218.